The topological polar surface area (TPSA) is 105 Å². The lowest BCUT2D eigenvalue weighted by Gasteiger charge is -2.31. The van der Waals surface area contributed by atoms with Crippen molar-refractivity contribution in [2.24, 2.45) is 5.92 Å². The van der Waals surface area contributed by atoms with Crippen LogP contribution in [-0.2, 0) is 4.79 Å². The molecule has 0 saturated carbocycles. The van der Waals surface area contributed by atoms with E-state index in [1.54, 1.807) is 6.07 Å². The average Bonchev–Trinajstić information content (AvgIpc) is 2.79. The van der Waals surface area contributed by atoms with Crippen LogP contribution in [0.2, 0.25) is 0 Å². The van der Waals surface area contributed by atoms with Gasteiger partial charge >= 0.3 is 6.36 Å². The van der Waals surface area contributed by atoms with E-state index >= 15 is 0 Å². The van der Waals surface area contributed by atoms with E-state index in [-0.39, 0.29) is 23.5 Å². The molecule has 0 bridgehead atoms. The molecule has 0 unspecified atom stereocenters. The molecule has 1 fully saturated rings. The molecule has 12 heteroatoms. The molecule has 1 aliphatic heterocycles. The fourth-order valence-electron chi connectivity index (χ4n) is 3.77. The number of carbonyl (C=O) groups is 2. The Morgan fingerprint density at radius 3 is 2.37 bits per heavy atom. The first-order valence-corrected chi connectivity index (χ1v) is 10.9. The Balaban J connectivity index is 1.64. The van der Waals surface area contributed by atoms with Crippen LogP contribution in [0.4, 0.5) is 30.2 Å². The number of likely N-dealkylation sites (N-methyl/N-ethyl adjacent to an activating group) is 1. The van der Waals surface area contributed by atoms with E-state index in [0.29, 0.717) is 24.7 Å². The van der Waals surface area contributed by atoms with Crippen molar-refractivity contribution in [3.05, 3.63) is 58.1 Å². The molecule has 188 valence electrons. The fraction of sp³-hybridized carbons (Fsp3) is 0.391. The van der Waals surface area contributed by atoms with Crippen molar-refractivity contribution >= 4 is 28.9 Å². The number of ether oxygens (including phenoxy) is 1. The Labute approximate surface area is 199 Å². The number of alkyl halides is 3. The average molecular weight is 494 g/mol. The lowest BCUT2D eigenvalue weighted by Crippen LogP contribution is -2.35. The van der Waals surface area contributed by atoms with Gasteiger partial charge in [-0.15, -0.1) is 13.2 Å². The third-order valence-electron chi connectivity index (χ3n) is 5.64. The van der Waals surface area contributed by atoms with E-state index in [0.717, 1.165) is 29.9 Å². The van der Waals surface area contributed by atoms with Crippen LogP contribution in [0.25, 0.3) is 0 Å². The van der Waals surface area contributed by atoms with Gasteiger partial charge < -0.3 is 19.9 Å². The number of nitro groups is 1. The lowest BCUT2D eigenvalue weighted by atomic mass is 9.98. The normalized spacial score (nSPS) is 14.4. The number of carbonyl (C=O) groups excluding carboxylic acids is 2. The summed E-state index contributed by atoms with van der Waals surface area (Å²) in [5, 5.41) is 14.1. The number of nitro benzene ring substituents is 1. The zero-order valence-corrected chi connectivity index (χ0v) is 19.2. The van der Waals surface area contributed by atoms with E-state index < -0.39 is 28.8 Å². The number of piperidine rings is 1. The molecule has 2 aromatic rings. The van der Waals surface area contributed by atoms with E-state index in [9.17, 15) is 32.9 Å². The van der Waals surface area contributed by atoms with Crippen molar-refractivity contribution in [2.45, 2.75) is 26.1 Å². The van der Waals surface area contributed by atoms with E-state index in [1.165, 1.54) is 31.3 Å². The Hall–Kier alpha value is -3.83. The number of benzene rings is 2. The van der Waals surface area contributed by atoms with Gasteiger partial charge in [-0.1, -0.05) is 6.92 Å². The highest BCUT2D eigenvalue weighted by atomic mass is 19.4. The summed E-state index contributed by atoms with van der Waals surface area (Å²) < 4.78 is 40.5. The maximum absolute atomic E-state index is 12.8. The summed E-state index contributed by atoms with van der Waals surface area (Å²) in [5.41, 5.74) is 0.553. The predicted octanol–water partition coefficient (Wildman–Crippen LogP) is 4.44. The second-order valence-corrected chi connectivity index (χ2v) is 8.41. The highest BCUT2D eigenvalue weighted by Gasteiger charge is 2.31. The summed E-state index contributed by atoms with van der Waals surface area (Å²) in [6.07, 6.45) is -2.98. The number of rotatable bonds is 7. The van der Waals surface area contributed by atoms with E-state index in [1.807, 2.05) is 4.90 Å². The molecule has 1 N–H and O–H groups in total. The zero-order chi connectivity index (χ0) is 25.8. The Morgan fingerprint density at radius 2 is 1.80 bits per heavy atom. The van der Waals surface area contributed by atoms with Crippen molar-refractivity contribution in [1.29, 1.82) is 0 Å². The molecule has 0 radical (unpaired) electrons. The summed E-state index contributed by atoms with van der Waals surface area (Å²) in [7, 11) is 1.37. The first-order valence-electron chi connectivity index (χ1n) is 10.9. The molecule has 3 rings (SSSR count). The Morgan fingerprint density at radius 1 is 1.17 bits per heavy atom. The van der Waals surface area contributed by atoms with Crippen molar-refractivity contribution in [3.8, 4) is 5.75 Å². The molecule has 1 heterocycles. The predicted molar refractivity (Wildman–Crippen MR) is 122 cm³/mol. The largest absolute Gasteiger partial charge is 0.573 e. The quantitative estimate of drug-likeness (QED) is 0.451. The van der Waals surface area contributed by atoms with E-state index in [4.69, 9.17) is 0 Å². The van der Waals surface area contributed by atoms with Gasteiger partial charge in [-0.05, 0) is 55.2 Å². The number of amides is 2. The molecule has 2 aromatic carbocycles. The fourth-order valence-corrected chi connectivity index (χ4v) is 3.77. The van der Waals surface area contributed by atoms with Gasteiger partial charge in [0.2, 0.25) is 5.91 Å². The molecule has 35 heavy (non-hydrogen) atoms. The van der Waals surface area contributed by atoms with Crippen molar-refractivity contribution in [2.75, 3.05) is 36.9 Å². The smallest absolute Gasteiger partial charge is 0.406 e. The highest BCUT2D eigenvalue weighted by molar-refractivity contribution is 6.00. The van der Waals surface area contributed by atoms with Gasteiger partial charge in [0.25, 0.3) is 11.6 Å². The van der Waals surface area contributed by atoms with Crippen molar-refractivity contribution in [1.82, 2.24) is 4.90 Å². The molecule has 0 atom stereocenters. The van der Waals surface area contributed by atoms with Gasteiger partial charge in [0.05, 0.1) is 11.5 Å². The third-order valence-corrected chi connectivity index (χ3v) is 5.64. The summed E-state index contributed by atoms with van der Waals surface area (Å²) in [4.78, 5) is 39.3. The molecular weight excluding hydrogens is 469 g/mol. The standard InChI is InChI=1S/C23H25F3N4O5/c1-15-9-11-29(12-10-15)19-8-3-16(13-20(19)30(33)34)22(32)28(2)14-21(31)27-17-4-6-18(7-5-17)35-23(24,25)26/h3-8,13,15H,9-12,14H2,1-2H3,(H,27,31). The monoisotopic (exact) mass is 494 g/mol. The van der Waals surface area contributed by atoms with Crippen LogP contribution in [0.15, 0.2) is 42.5 Å². The summed E-state index contributed by atoms with van der Waals surface area (Å²) in [5.74, 6) is -1.07. The molecular formula is C23H25F3N4O5. The van der Waals surface area contributed by atoms with Gasteiger partial charge in [-0.3, -0.25) is 19.7 Å². The second-order valence-electron chi connectivity index (χ2n) is 8.41. The van der Waals surface area contributed by atoms with Crippen LogP contribution in [0, 0.1) is 16.0 Å². The number of halogens is 3. The number of anilines is 2. The highest BCUT2D eigenvalue weighted by Crippen LogP contribution is 2.32. The van der Waals surface area contributed by atoms with Crippen LogP contribution in [-0.4, -0.2) is 54.7 Å². The summed E-state index contributed by atoms with van der Waals surface area (Å²) >= 11 is 0. The molecule has 0 spiro atoms. The van der Waals surface area contributed by atoms with Crippen LogP contribution in [0.3, 0.4) is 0 Å². The molecule has 1 saturated heterocycles. The van der Waals surface area contributed by atoms with Gasteiger partial charge in [0.1, 0.15) is 11.4 Å². The zero-order valence-electron chi connectivity index (χ0n) is 19.2. The first-order chi connectivity index (χ1) is 16.4. The molecule has 1 aliphatic rings. The third kappa shape index (κ3) is 7.08. The van der Waals surface area contributed by atoms with Gasteiger partial charge in [0, 0.05) is 37.5 Å². The van der Waals surface area contributed by atoms with Crippen LogP contribution in [0.5, 0.6) is 5.75 Å². The van der Waals surface area contributed by atoms with Gasteiger partial charge in [-0.2, -0.15) is 0 Å². The Bertz CT molecular complexity index is 1080. The molecule has 0 aliphatic carbocycles. The van der Waals surface area contributed by atoms with Gasteiger partial charge in [0.15, 0.2) is 0 Å². The number of hydrogen-bond acceptors (Lipinski definition) is 6. The minimum absolute atomic E-state index is 0.0646. The summed E-state index contributed by atoms with van der Waals surface area (Å²) in [6, 6.07) is 8.80. The molecule has 9 nitrogen and oxygen atoms in total. The molecule has 2 amide bonds. The lowest BCUT2D eigenvalue weighted by molar-refractivity contribution is -0.384. The second kappa shape index (κ2) is 10.6. The number of nitrogens with one attached hydrogen (secondary N) is 1. The Kier molecular flexibility index (Phi) is 7.82. The first kappa shape index (κ1) is 25.8. The van der Waals surface area contributed by atoms with Crippen LogP contribution >= 0.6 is 0 Å². The van der Waals surface area contributed by atoms with Crippen LogP contribution in [0.1, 0.15) is 30.1 Å². The van der Waals surface area contributed by atoms with Crippen molar-refractivity contribution < 1.29 is 32.4 Å². The maximum Gasteiger partial charge on any atom is 0.573 e. The number of nitrogens with zero attached hydrogens (tertiary/aromatic N) is 3. The molecule has 0 aromatic heterocycles. The number of hydrogen-bond donors (Lipinski definition) is 1. The van der Waals surface area contributed by atoms with Crippen LogP contribution < -0.4 is 15.0 Å². The SMILES string of the molecule is CC1CCN(c2ccc(C(=O)N(C)CC(=O)Nc3ccc(OC(F)(F)F)cc3)cc2[N+](=O)[O-])CC1. The van der Waals surface area contributed by atoms with E-state index in [2.05, 4.69) is 17.0 Å². The minimum Gasteiger partial charge on any atom is -0.406 e. The minimum atomic E-state index is -4.83. The maximum atomic E-state index is 12.8. The summed E-state index contributed by atoms with van der Waals surface area (Å²) in [6.45, 7) is 3.15. The van der Waals surface area contributed by atoms with Gasteiger partial charge in [-0.25, -0.2) is 0 Å². The van der Waals surface area contributed by atoms with Crippen molar-refractivity contribution in [3.63, 3.8) is 0 Å².